The molecule has 0 saturated carbocycles. The third kappa shape index (κ3) is 3.47. The smallest absolute Gasteiger partial charge is 0.0502 e. The summed E-state index contributed by atoms with van der Waals surface area (Å²) < 4.78 is 0. The predicted octanol–water partition coefficient (Wildman–Crippen LogP) is 2.80. The Morgan fingerprint density at radius 3 is 2.29 bits per heavy atom. The number of piperazine rings is 1. The van der Waals surface area contributed by atoms with Crippen LogP contribution in [0.4, 0.5) is 0 Å². The fourth-order valence-electron chi connectivity index (χ4n) is 3.51. The summed E-state index contributed by atoms with van der Waals surface area (Å²) in [6.45, 7) is 11.2. The van der Waals surface area contributed by atoms with E-state index in [0.717, 1.165) is 19.5 Å². The largest absolute Gasteiger partial charge is 0.326 e. The average Bonchev–Trinajstić information content (AvgIpc) is 2.46. The molecule has 1 fully saturated rings. The molecule has 3 nitrogen and oxygen atoms in total. The maximum Gasteiger partial charge on any atom is 0.0502 e. The monoisotopic (exact) mass is 289 g/mol. The first kappa shape index (κ1) is 16.5. The predicted molar refractivity (Wildman–Crippen MR) is 90.4 cm³/mol. The minimum atomic E-state index is 0.189. The molecule has 21 heavy (non-hydrogen) atoms. The van der Waals surface area contributed by atoms with Crippen molar-refractivity contribution in [3.05, 3.63) is 35.4 Å². The van der Waals surface area contributed by atoms with Gasteiger partial charge in [0.2, 0.25) is 0 Å². The molecule has 0 aliphatic carbocycles. The summed E-state index contributed by atoms with van der Waals surface area (Å²) in [5, 5.41) is 0. The molecular weight excluding hydrogens is 258 g/mol. The Balaban J connectivity index is 2.31. The highest BCUT2D eigenvalue weighted by atomic mass is 15.3. The highest BCUT2D eigenvalue weighted by Crippen LogP contribution is 2.30. The summed E-state index contributed by atoms with van der Waals surface area (Å²) >= 11 is 0. The highest BCUT2D eigenvalue weighted by Gasteiger charge is 2.34. The molecule has 0 aromatic heterocycles. The standard InChI is InChI=1S/C18H31N3/c1-6-17(19)18(16-10-8-7-9-13(16)2)21-11-14(3)20(5)15(4)12-21/h7-10,14-15,17-18H,6,11-12,19H2,1-5H3. The van der Waals surface area contributed by atoms with Gasteiger partial charge in [-0.25, -0.2) is 0 Å². The molecule has 1 aliphatic rings. The van der Waals surface area contributed by atoms with Crippen LogP contribution in [0, 0.1) is 6.92 Å². The zero-order valence-corrected chi connectivity index (χ0v) is 14.2. The lowest BCUT2D eigenvalue weighted by atomic mass is 9.91. The van der Waals surface area contributed by atoms with E-state index in [0.29, 0.717) is 18.1 Å². The summed E-state index contributed by atoms with van der Waals surface area (Å²) in [5.41, 5.74) is 9.27. The number of hydrogen-bond acceptors (Lipinski definition) is 3. The van der Waals surface area contributed by atoms with Crippen molar-refractivity contribution < 1.29 is 0 Å². The van der Waals surface area contributed by atoms with Gasteiger partial charge in [0.05, 0.1) is 6.04 Å². The van der Waals surface area contributed by atoms with Crippen molar-refractivity contribution >= 4 is 0 Å². The summed E-state index contributed by atoms with van der Waals surface area (Å²) in [4.78, 5) is 5.08. The molecule has 1 aromatic rings. The topological polar surface area (TPSA) is 32.5 Å². The lowest BCUT2D eigenvalue weighted by Crippen LogP contribution is -2.57. The number of likely N-dealkylation sites (N-methyl/N-ethyl adjacent to an activating group) is 1. The lowest BCUT2D eigenvalue weighted by molar-refractivity contribution is 0.0252. The molecule has 0 spiro atoms. The summed E-state index contributed by atoms with van der Waals surface area (Å²) in [7, 11) is 2.23. The van der Waals surface area contributed by atoms with Gasteiger partial charge in [0.25, 0.3) is 0 Å². The number of nitrogens with two attached hydrogens (primary N) is 1. The Hall–Kier alpha value is -0.900. The van der Waals surface area contributed by atoms with Crippen molar-refractivity contribution in [3.63, 3.8) is 0 Å². The fourth-order valence-corrected chi connectivity index (χ4v) is 3.51. The van der Waals surface area contributed by atoms with Crippen molar-refractivity contribution in [2.75, 3.05) is 20.1 Å². The SMILES string of the molecule is CCC(N)C(c1ccccc1C)N1CC(C)N(C)C(C)C1. The van der Waals surface area contributed by atoms with Gasteiger partial charge in [-0.3, -0.25) is 9.80 Å². The molecule has 118 valence electrons. The second kappa shape index (κ2) is 6.91. The van der Waals surface area contributed by atoms with E-state index in [2.05, 4.69) is 68.8 Å². The van der Waals surface area contributed by atoms with Crippen molar-refractivity contribution in [1.29, 1.82) is 0 Å². The molecule has 4 atom stereocenters. The lowest BCUT2D eigenvalue weighted by Gasteiger charge is -2.47. The quantitative estimate of drug-likeness (QED) is 0.925. The van der Waals surface area contributed by atoms with Crippen LogP contribution in [-0.4, -0.2) is 48.1 Å². The molecule has 1 saturated heterocycles. The minimum absolute atomic E-state index is 0.189. The van der Waals surface area contributed by atoms with Crippen molar-refractivity contribution in [3.8, 4) is 0 Å². The van der Waals surface area contributed by atoms with Crippen LogP contribution in [0.25, 0.3) is 0 Å². The van der Waals surface area contributed by atoms with E-state index in [1.54, 1.807) is 0 Å². The first-order valence-corrected chi connectivity index (χ1v) is 8.22. The summed E-state index contributed by atoms with van der Waals surface area (Å²) in [6, 6.07) is 10.4. The molecule has 1 aromatic carbocycles. The van der Waals surface area contributed by atoms with Crippen molar-refractivity contribution in [1.82, 2.24) is 9.80 Å². The third-order valence-corrected chi connectivity index (χ3v) is 5.17. The summed E-state index contributed by atoms with van der Waals surface area (Å²) in [6.07, 6.45) is 1.01. The van der Waals surface area contributed by atoms with E-state index in [-0.39, 0.29) is 6.04 Å². The molecule has 0 radical (unpaired) electrons. The van der Waals surface area contributed by atoms with Gasteiger partial charge in [0.1, 0.15) is 0 Å². The van der Waals surface area contributed by atoms with Crippen LogP contribution < -0.4 is 5.73 Å². The van der Waals surface area contributed by atoms with Gasteiger partial charge < -0.3 is 5.73 Å². The second-order valence-corrected chi connectivity index (χ2v) is 6.69. The first-order chi connectivity index (χ1) is 9.95. The van der Waals surface area contributed by atoms with Gasteiger partial charge in [-0.15, -0.1) is 0 Å². The zero-order chi connectivity index (χ0) is 15.6. The van der Waals surface area contributed by atoms with Gasteiger partial charge in [-0.05, 0) is 45.4 Å². The molecular formula is C18H31N3. The third-order valence-electron chi connectivity index (χ3n) is 5.17. The van der Waals surface area contributed by atoms with Crippen LogP contribution in [0.1, 0.15) is 44.4 Å². The number of rotatable bonds is 4. The minimum Gasteiger partial charge on any atom is -0.326 e. The normalized spacial score (nSPS) is 27.5. The molecule has 0 amide bonds. The van der Waals surface area contributed by atoms with Crippen LogP contribution in [0.2, 0.25) is 0 Å². The maximum absolute atomic E-state index is 6.52. The van der Waals surface area contributed by atoms with Crippen LogP contribution in [0.15, 0.2) is 24.3 Å². The number of aryl methyl sites for hydroxylation is 1. The van der Waals surface area contributed by atoms with E-state index in [1.807, 2.05) is 0 Å². The molecule has 3 heteroatoms. The summed E-state index contributed by atoms with van der Waals surface area (Å²) in [5.74, 6) is 0. The van der Waals surface area contributed by atoms with Crippen molar-refractivity contribution in [2.24, 2.45) is 5.73 Å². The number of nitrogens with zero attached hydrogens (tertiary/aromatic N) is 2. The van der Waals surface area contributed by atoms with E-state index in [1.165, 1.54) is 11.1 Å². The van der Waals surface area contributed by atoms with Crippen LogP contribution in [0.5, 0.6) is 0 Å². The van der Waals surface area contributed by atoms with E-state index >= 15 is 0 Å². The Morgan fingerprint density at radius 2 is 1.76 bits per heavy atom. The Morgan fingerprint density at radius 1 is 1.19 bits per heavy atom. The van der Waals surface area contributed by atoms with Gasteiger partial charge in [-0.2, -0.15) is 0 Å². The second-order valence-electron chi connectivity index (χ2n) is 6.69. The van der Waals surface area contributed by atoms with Crippen molar-refractivity contribution in [2.45, 2.75) is 58.3 Å². The molecule has 4 unspecified atom stereocenters. The van der Waals surface area contributed by atoms with E-state index < -0.39 is 0 Å². The fraction of sp³-hybridized carbons (Fsp3) is 0.667. The molecule has 2 rings (SSSR count). The Labute approximate surface area is 130 Å². The molecule has 1 aliphatic heterocycles. The van der Waals surface area contributed by atoms with Crippen LogP contribution in [0.3, 0.4) is 0 Å². The van der Waals surface area contributed by atoms with Crippen LogP contribution in [-0.2, 0) is 0 Å². The zero-order valence-electron chi connectivity index (χ0n) is 14.2. The van der Waals surface area contributed by atoms with Gasteiger partial charge >= 0.3 is 0 Å². The molecule has 2 N–H and O–H groups in total. The number of hydrogen-bond donors (Lipinski definition) is 1. The highest BCUT2D eigenvalue weighted by molar-refractivity contribution is 5.30. The van der Waals surface area contributed by atoms with E-state index in [9.17, 15) is 0 Å². The van der Waals surface area contributed by atoms with Gasteiger partial charge in [0.15, 0.2) is 0 Å². The average molecular weight is 289 g/mol. The Bertz CT molecular complexity index is 448. The molecule has 1 heterocycles. The number of benzene rings is 1. The van der Waals surface area contributed by atoms with Gasteiger partial charge in [0, 0.05) is 31.2 Å². The van der Waals surface area contributed by atoms with Crippen LogP contribution >= 0.6 is 0 Å². The van der Waals surface area contributed by atoms with E-state index in [4.69, 9.17) is 5.73 Å². The maximum atomic E-state index is 6.52. The van der Waals surface area contributed by atoms with Gasteiger partial charge in [-0.1, -0.05) is 31.2 Å². The first-order valence-electron chi connectivity index (χ1n) is 8.22. The Kier molecular flexibility index (Phi) is 5.42. The molecule has 0 bridgehead atoms.